The Hall–Kier alpha value is -1.06. The first-order chi connectivity index (χ1) is 5.26. The molecule has 1 radical (unpaired) electrons. The quantitative estimate of drug-likeness (QED) is 0.563. The van der Waals surface area contributed by atoms with Crippen molar-refractivity contribution in [2.45, 2.75) is 13.8 Å². The Morgan fingerprint density at radius 3 is 2.36 bits per heavy atom. The van der Waals surface area contributed by atoms with Crippen molar-refractivity contribution < 1.29 is 14.3 Å². The van der Waals surface area contributed by atoms with E-state index in [4.69, 9.17) is 0 Å². The van der Waals surface area contributed by atoms with Gasteiger partial charge in [0.25, 0.3) is 5.91 Å². The third-order valence-electron chi connectivity index (χ3n) is 1.37. The van der Waals surface area contributed by atoms with Crippen LogP contribution in [0.1, 0.15) is 13.8 Å². The molecule has 0 rings (SSSR count). The summed E-state index contributed by atoms with van der Waals surface area (Å²) in [4.78, 5) is 22.2. The van der Waals surface area contributed by atoms with Crippen LogP contribution in [0.15, 0.2) is 0 Å². The second-order valence-electron chi connectivity index (χ2n) is 1.94. The third-order valence-corrected chi connectivity index (χ3v) is 1.37. The molecule has 0 fully saturated rings. The van der Waals surface area contributed by atoms with Gasteiger partial charge in [0.05, 0.1) is 0 Å². The van der Waals surface area contributed by atoms with Crippen molar-refractivity contribution in [1.82, 2.24) is 4.90 Å². The number of ether oxygens (including phenoxy) is 1. The van der Waals surface area contributed by atoms with Crippen LogP contribution in [0.3, 0.4) is 0 Å². The number of nitrogens with zero attached hydrogens (tertiary/aromatic N) is 1. The Labute approximate surface area is 66.1 Å². The largest absolute Gasteiger partial charge is 0.447 e. The van der Waals surface area contributed by atoms with Crippen molar-refractivity contribution in [3.63, 3.8) is 0 Å². The number of rotatable bonds is 5. The van der Waals surface area contributed by atoms with Gasteiger partial charge >= 0.3 is 6.47 Å². The molecule has 0 spiro atoms. The molecule has 0 aliphatic carbocycles. The van der Waals surface area contributed by atoms with Gasteiger partial charge in [-0.3, -0.25) is 4.79 Å². The summed E-state index contributed by atoms with van der Waals surface area (Å²) in [7, 11) is 0. The lowest BCUT2D eigenvalue weighted by atomic mass is 10.5. The Kier molecular flexibility index (Phi) is 5.15. The number of likely N-dealkylation sites (N-methyl/N-ethyl adjacent to an activating group) is 1. The summed E-state index contributed by atoms with van der Waals surface area (Å²) in [5.74, 6) is -0.182. The SMILES string of the molecule is CCN(CC)C(=O)CO[C]=O. The average molecular weight is 158 g/mol. The summed E-state index contributed by atoms with van der Waals surface area (Å²) in [6, 6.07) is 0. The molecular weight excluding hydrogens is 146 g/mol. The molecule has 0 heterocycles. The van der Waals surface area contributed by atoms with Crippen LogP contribution in [0.25, 0.3) is 0 Å². The lowest BCUT2D eigenvalue weighted by Crippen LogP contribution is -2.33. The van der Waals surface area contributed by atoms with E-state index in [1.165, 1.54) is 6.47 Å². The number of carbonyl (C=O) groups excluding carboxylic acids is 2. The van der Waals surface area contributed by atoms with E-state index in [2.05, 4.69) is 4.74 Å². The molecule has 0 bridgehead atoms. The van der Waals surface area contributed by atoms with E-state index in [0.29, 0.717) is 13.1 Å². The average Bonchev–Trinajstić information content (AvgIpc) is 2.03. The van der Waals surface area contributed by atoms with Gasteiger partial charge in [-0.05, 0) is 13.8 Å². The second kappa shape index (κ2) is 5.70. The standard InChI is InChI=1S/C7H12NO3/c1-3-8(4-2)7(10)5-11-6-9/h3-5H2,1-2H3. The van der Waals surface area contributed by atoms with Gasteiger partial charge in [-0.2, -0.15) is 0 Å². The molecule has 11 heavy (non-hydrogen) atoms. The zero-order valence-corrected chi connectivity index (χ0v) is 6.79. The summed E-state index contributed by atoms with van der Waals surface area (Å²) >= 11 is 0. The predicted octanol–water partition coefficient (Wildman–Crippen LogP) is -0.0614. The maximum atomic E-state index is 11.0. The van der Waals surface area contributed by atoms with E-state index in [1.807, 2.05) is 13.8 Å². The fraction of sp³-hybridized carbons (Fsp3) is 0.714. The molecule has 0 aromatic carbocycles. The molecule has 0 saturated heterocycles. The van der Waals surface area contributed by atoms with Crippen molar-refractivity contribution >= 4 is 12.4 Å². The number of carbonyl (C=O) groups is 1. The first-order valence-corrected chi connectivity index (χ1v) is 3.52. The van der Waals surface area contributed by atoms with Gasteiger partial charge in [0.15, 0.2) is 6.61 Å². The summed E-state index contributed by atoms with van der Waals surface area (Å²) in [6.45, 7) is 6.01. The first kappa shape index (κ1) is 9.94. The highest BCUT2D eigenvalue weighted by molar-refractivity contribution is 5.78. The molecule has 0 atom stereocenters. The van der Waals surface area contributed by atoms with Gasteiger partial charge in [-0.15, -0.1) is 0 Å². The van der Waals surface area contributed by atoms with Crippen LogP contribution >= 0.6 is 0 Å². The van der Waals surface area contributed by atoms with E-state index in [1.54, 1.807) is 4.90 Å². The van der Waals surface area contributed by atoms with Gasteiger partial charge < -0.3 is 9.64 Å². The Balaban J connectivity index is 3.69. The number of hydrogen-bond acceptors (Lipinski definition) is 3. The van der Waals surface area contributed by atoms with Crippen molar-refractivity contribution in [3.8, 4) is 0 Å². The Bertz CT molecular complexity index is 132. The van der Waals surface area contributed by atoms with Gasteiger partial charge in [0.2, 0.25) is 0 Å². The van der Waals surface area contributed by atoms with Crippen LogP contribution in [-0.4, -0.2) is 37.0 Å². The molecule has 0 aliphatic heterocycles. The minimum absolute atomic E-state index is 0.182. The smallest absolute Gasteiger partial charge is 0.418 e. The Morgan fingerprint density at radius 2 is 2.00 bits per heavy atom. The summed E-state index contributed by atoms with van der Waals surface area (Å²) in [6.07, 6.45) is 0. The maximum absolute atomic E-state index is 11.0. The highest BCUT2D eigenvalue weighted by Crippen LogP contribution is 1.88. The van der Waals surface area contributed by atoms with Gasteiger partial charge in [0.1, 0.15) is 0 Å². The highest BCUT2D eigenvalue weighted by atomic mass is 16.5. The zero-order valence-electron chi connectivity index (χ0n) is 6.79. The van der Waals surface area contributed by atoms with Crippen LogP contribution < -0.4 is 0 Å². The van der Waals surface area contributed by atoms with Crippen molar-refractivity contribution in [1.29, 1.82) is 0 Å². The van der Waals surface area contributed by atoms with E-state index < -0.39 is 0 Å². The fourth-order valence-corrected chi connectivity index (χ4v) is 0.759. The predicted molar refractivity (Wildman–Crippen MR) is 39.6 cm³/mol. The minimum atomic E-state index is -0.203. The molecule has 0 unspecified atom stereocenters. The molecule has 63 valence electrons. The molecule has 1 amide bonds. The topological polar surface area (TPSA) is 46.6 Å². The molecule has 4 nitrogen and oxygen atoms in total. The van der Waals surface area contributed by atoms with E-state index in [-0.39, 0.29) is 12.5 Å². The van der Waals surface area contributed by atoms with Gasteiger partial charge in [-0.1, -0.05) is 0 Å². The maximum Gasteiger partial charge on any atom is 0.418 e. The van der Waals surface area contributed by atoms with Crippen LogP contribution in [0.2, 0.25) is 0 Å². The van der Waals surface area contributed by atoms with Crippen LogP contribution in [0, 0.1) is 0 Å². The number of amides is 1. The monoisotopic (exact) mass is 158 g/mol. The molecule has 0 saturated carbocycles. The van der Waals surface area contributed by atoms with Crippen LogP contribution in [-0.2, 0) is 14.3 Å². The normalized spacial score (nSPS) is 8.91. The summed E-state index contributed by atoms with van der Waals surface area (Å²) in [5.41, 5.74) is 0. The second-order valence-corrected chi connectivity index (χ2v) is 1.94. The Morgan fingerprint density at radius 1 is 1.45 bits per heavy atom. The van der Waals surface area contributed by atoms with Crippen LogP contribution in [0.5, 0.6) is 0 Å². The van der Waals surface area contributed by atoms with E-state index >= 15 is 0 Å². The number of hydrogen-bond donors (Lipinski definition) is 0. The van der Waals surface area contributed by atoms with E-state index in [9.17, 15) is 9.59 Å². The lowest BCUT2D eigenvalue weighted by molar-refractivity contribution is -0.133. The molecule has 0 aromatic rings. The summed E-state index contributed by atoms with van der Waals surface area (Å²) in [5, 5.41) is 0. The molecule has 0 aliphatic rings. The third kappa shape index (κ3) is 3.60. The lowest BCUT2D eigenvalue weighted by Gasteiger charge is -2.16. The molecule has 0 aromatic heterocycles. The highest BCUT2D eigenvalue weighted by Gasteiger charge is 2.08. The van der Waals surface area contributed by atoms with Crippen molar-refractivity contribution in [2.75, 3.05) is 19.7 Å². The van der Waals surface area contributed by atoms with Crippen molar-refractivity contribution in [2.24, 2.45) is 0 Å². The van der Waals surface area contributed by atoms with E-state index in [0.717, 1.165) is 0 Å². The van der Waals surface area contributed by atoms with Crippen molar-refractivity contribution in [3.05, 3.63) is 0 Å². The molecular formula is C7H12NO3. The fourth-order valence-electron chi connectivity index (χ4n) is 0.759. The molecule has 4 heteroatoms. The van der Waals surface area contributed by atoms with Gasteiger partial charge in [0, 0.05) is 13.1 Å². The minimum Gasteiger partial charge on any atom is -0.447 e. The van der Waals surface area contributed by atoms with Gasteiger partial charge in [-0.25, -0.2) is 4.79 Å². The van der Waals surface area contributed by atoms with Crippen LogP contribution in [0.4, 0.5) is 0 Å². The summed E-state index contributed by atoms with van der Waals surface area (Å²) < 4.78 is 4.18. The first-order valence-electron chi connectivity index (χ1n) is 3.52. The zero-order chi connectivity index (χ0) is 8.69. The molecule has 0 N–H and O–H groups in total.